The fourth-order valence-corrected chi connectivity index (χ4v) is 1.21. The molecule has 0 fully saturated rings. The second kappa shape index (κ2) is 4.94. The SMILES string of the molecule is O=C(NCC(O)C(=O)O)c1cc(Br)c[nH]1. The highest BCUT2D eigenvalue weighted by molar-refractivity contribution is 9.10. The standard InChI is InChI=1S/C8H9BrN2O4/c9-4-1-5(10-2-4)7(13)11-3-6(12)8(14)15/h1-2,6,10,12H,3H2,(H,11,13)(H,14,15). The van der Waals surface area contributed by atoms with Crippen molar-refractivity contribution in [2.45, 2.75) is 6.10 Å². The highest BCUT2D eigenvalue weighted by Crippen LogP contribution is 2.10. The molecule has 15 heavy (non-hydrogen) atoms. The number of aliphatic hydroxyl groups excluding tert-OH is 1. The first-order valence-corrected chi connectivity index (χ1v) is 4.83. The zero-order chi connectivity index (χ0) is 11.4. The molecule has 1 heterocycles. The second-order valence-electron chi connectivity index (χ2n) is 2.80. The summed E-state index contributed by atoms with van der Waals surface area (Å²) in [5.41, 5.74) is 0.291. The summed E-state index contributed by atoms with van der Waals surface area (Å²) >= 11 is 3.15. The molecule has 7 heteroatoms. The van der Waals surface area contributed by atoms with Crippen LogP contribution in [0.1, 0.15) is 10.5 Å². The Morgan fingerprint density at radius 1 is 1.60 bits per heavy atom. The van der Waals surface area contributed by atoms with Crippen LogP contribution < -0.4 is 5.32 Å². The number of halogens is 1. The zero-order valence-corrected chi connectivity index (χ0v) is 9.11. The molecule has 1 amide bonds. The van der Waals surface area contributed by atoms with Gasteiger partial charge in [-0.25, -0.2) is 4.79 Å². The first-order valence-electron chi connectivity index (χ1n) is 4.03. The van der Waals surface area contributed by atoms with E-state index in [2.05, 4.69) is 26.2 Å². The van der Waals surface area contributed by atoms with Crippen LogP contribution in [0.3, 0.4) is 0 Å². The first kappa shape index (κ1) is 11.7. The van der Waals surface area contributed by atoms with Gasteiger partial charge in [0.1, 0.15) is 5.69 Å². The number of aliphatic carboxylic acids is 1. The highest BCUT2D eigenvalue weighted by Gasteiger charge is 2.15. The minimum Gasteiger partial charge on any atom is -0.479 e. The van der Waals surface area contributed by atoms with Gasteiger partial charge in [0, 0.05) is 10.7 Å². The van der Waals surface area contributed by atoms with Gasteiger partial charge in [0.15, 0.2) is 6.10 Å². The van der Waals surface area contributed by atoms with Crippen LogP contribution in [-0.4, -0.2) is 39.7 Å². The van der Waals surface area contributed by atoms with Crippen LogP contribution in [0.2, 0.25) is 0 Å². The van der Waals surface area contributed by atoms with Crippen LogP contribution in [0.15, 0.2) is 16.7 Å². The third kappa shape index (κ3) is 3.37. The van der Waals surface area contributed by atoms with Crippen molar-refractivity contribution < 1.29 is 19.8 Å². The molecule has 0 bridgehead atoms. The molecule has 82 valence electrons. The van der Waals surface area contributed by atoms with E-state index in [4.69, 9.17) is 10.2 Å². The average molecular weight is 277 g/mol. The monoisotopic (exact) mass is 276 g/mol. The van der Waals surface area contributed by atoms with E-state index >= 15 is 0 Å². The van der Waals surface area contributed by atoms with Gasteiger partial charge in [-0.1, -0.05) is 0 Å². The maximum absolute atomic E-state index is 11.3. The van der Waals surface area contributed by atoms with E-state index in [1.54, 1.807) is 12.3 Å². The fourth-order valence-electron chi connectivity index (χ4n) is 0.871. The van der Waals surface area contributed by atoms with Crippen LogP contribution >= 0.6 is 15.9 Å². The van der Waals surface area contributed by atoms with Gasteiger partial charge >= 0.3 is 5.97 Å². The van der Waals surface area contributed by atoms with Crippen molar-refractivity contribution in [1.82, 2.24) is 10.3 Å². The zero-order valence-electron chi connectivity index (χ0n) is 7.53. The molecule has 0 aliphatic heterocycles. The quantitative estimate of drug-likeness (QED) is 0.619. The molecule has 6 nitrogen and oxygen atoms in total. The largest absolute Gasteiger partial charge is 0.479 e. The molecular weight excluding hydrogens is 268 g/mol. The number of carbonyl (C=O) groups excluding carboxylic acids is 1. The number of carbonyl (C=O) groups is 2. The lowest BCUT2D eigenvalue weighted by molar-refractivity contribution is -0.146. The van der Waals surface area contributed by atoms with E-state index < -0.39 is 18.0 Å². The number of rotatable bonds is 4. The topological polar surface area (TPSA) is 102 Å². The van der Waals surface area contributed by atoms with Crippen molar-refractivity contribution in [3.05, 3.63) is 22.4 Å². The Hall–Kier alpha value is -1.34. The Morgan fingerprint density at radius 3 is 2.73 bits per heavy atom. The third-order valence-corrected chi connectivity index (χ3v) is 2.09. The van der Waals surface area contributed by atoms with Crippen LogP contribution in [0.25, 0.3) is 0 Å². The van der Waals surface area contributed by atoms with Crippen molar-refractivity contribution in [2.75, 3.05) is 6.54 Å². The summed E-state index contributed by atoms with van der Waals surface area (Å²) in [5, 5.41) is 19.5. The van der Waals surface area contributed by atoms with Gasteiger partial charge in [0.05, 0.1) is 6.54 Å². The van der Waals surface area contributed by atoms with Gasteiger partial charge in [0.25, 0.3) is 5.91 Å². The van der Waals surface area contributed by atoms with Crippen molar-refractivity contribution in [3.8, 4) is 0 Å². The molecule has 1 unspecified atom stereocenters. The molecule has 1 atom stereocenters. The predicted octanol–water partition coefficient (Wildman–Crippen LogP) is -0.0475. The van der Waals surface area contributed by atoms with Gasteiger partial charge in [-0.05, 0) is 22.0 Å². The molecule has 0 saturated carbocycles. The average Bonchev–Trinajstić information content (AvgIpc) is 2.60. The summed E-state index contributed by atoms with van der Waals surface area (Å²) in [5.74, 6) is -1.84. The van der Waals surface area contributed by atoms with E-state index in [0.717, 1.165) is 0 Å². The molecule has 0 radical (unpaired) electrons. The Bertz CT molecular complexity index is 376. The number of H-pyrrole nitrogens is 1. The molecule has 1 aromatic heterocycles. The summed E-state index contributed by atoms with van der Waals surface area (Å²) in [6.07, 6.45) is -0.0185. The second-order valence-corrected chi connectivity index (χ2v) is 3.71. The molecule has 0 saturated heterocycles. The maximum atomic E-state index is 11.3. The van der Waals surface area contributed by atoms with Gasteiger partial charge in [-0.3, -0.25) is 4.79 Å². The minimum absolute atomic E-state index is 0.291. The summed E-state index contributed by atoms with van der Waals surface area (Å²) in [4.78, 5) is 24.2. The number of carboxylic acid groups (broad SMARTS) is 1. The summed E-state index contributed by atoms with van der Waals surface area (Å²) in [6, 6.07) is 1.54. The number of aliphatic hydroxyl groups is 1. The Labute approximate surface area is 93.4 Å². The molecule has 0 aliphatic carbocycles. The van der Waals surface area contributed by atoms with Gasteiger partial charge in [-0.15, -0.1) is 0 Å². The number of aromatic amines is 1. The minimum atomic E-state index is -1.59. The van der Waals surface area contributed by atoms with Crippen LogP contribution in [-0.2, 0) is 4.79 Å². The number of aromatic nitrogens is 1. The van der Waals surface area contributed by atoms with Gasteiger partial charge in [0.2, 0.25) is 0 Å². The Morgan fingerprint density at radius 2 is 2.27 bits per heavy atom. The molecule has 0 aliphatic rings. The first-order chi connectivity index (χ1) is 7.00. The van der Waals surface area contributed by atoms with Crippen molar-refractivity contribution >= 4 is 27.8 Å². The number of carboxylic acids is 1. The summed E-state index contributed by atoms with van der Waals surface area (Å²) in [6.45, 7) is -0.329. The summed E-state index contributed by atoms with van der Waals surface area (Å²) < 4.78 is 0.714. The molecular formula is C8H9BrN2O4. The lowest BCUT2D eigenvalue weighted by Crippen LogP contribution is -2.36. The van der Waals surface area contributed by atoms with Crippen molar-refractivity contribution in [1.29, 1.82) is 0 Å². The Kier molecular flexibility index (Phi) is 3.87. The predicted molar refractivity (Wildman–Crippen MR) is 54.5 cm³/mol. The molecule has 0 aromatic carbocycles. The van der Waals surface area contributed by atoms with Gasteiger partial charge < -0.3 is 20.5 Å². The van der Waals surface area contributed by atoms with E-state index in [-0.39, 0.29) is 6.54 Å². The number of amides is 1. The van der Waals surface area contributed by atoms with E-state index in [1.165, 1.54) is 0 Å². The fraction of sp³-hybridized carbons (Fsp3) is 0.250. The smallest absolute Gasteiger partial charge is 0.334 e. The molecule has 4 N–H and O–H groups in total. The molecule has 1 rings (SSSR count). The van der Waals surface area contributed by atoms with Crippen LogP contribution in [0, 0.1) is 0 Å². The lowest BCUT2D eigenvalue weighted by Gasteiger charge is -2.06. The van der Waals surface area contributed by atoms with E-state index in [1.807, 2.05) is 0 Å². The molecule has 0 spiro atoms. The number of hydrogen-bond donors (Lipinski definition) is 4. The highest BCUT2D eigenvalue weighted by atomic mass is 79.9. The lowest BCUT2D eigenvalue weighted by atomic mass is 10.3. The van der Waals surface area contributed by atoms with Crippen molar-refractivity contribution in [3.63, 3.8) is 0 Å². The van der Waals surface area contributed by atoms with Crippen LogP contribution in [0.4, 0.5) is 0 Å². The summed E-state index contributed by atoms with van der Waals surface area (Å²) in [7, 11) is 0. The maximum Gasteiger partial charge on any atom is 0.334 e. The number of nitrogens with one attached hydrogen (secondary N) is 2. The van der Waals surface area contributed by atoms with Crippen LogP contribution in [0.5, 0.6) is 0 Å². The normalized spacial score (nSPS) is 12.1. The van der Waals surface area contributed by atoms with Gasteiger partial charge in [-0.2, -0.15) is 0 Å². The van der Waals surface area contributed by atoms with Crippen molar-refractivity contribution in [2.24, 2.45) is 0 Å². The van der Waals surface area contributed by atoms with E-state index in [0.29, 0.717) is 10.2 Å². The number of hydrogen-bond acceptors (Lipinski definition) is 3. The Balaban J connectivity index is 2.47. The third-order valence-electron chi connectivity index (χ3n) is 1.63. The van der Waals surface area contributed by atoms with E-state index in [9.17, 15) is 9.59 Å². The molecule has 1 aromatic rings.